The molecule has 22 heavy (non-hydrogen) atoms. The zero-order valence-corrected chi connectivity index (χ0v) is 13.4. The number of hydrogen-bond acceptors (Lipinski definition) is 2. The Kier molecular flexibility index (Phi) is 4.71. The Morgan fingerprint density at radius 2 is 1.77 bits per heavy atom. The number of halogens is 1. The smallest absolute Gasteiger partial charge is 0.0724 e. The van der Waals surface area contributed by atoms with Crippen molar-refractivity contribution in [3.63, 3.8) is 0 Å². The summed E-state index contributed by atoms with van der Waals surface area (Å²) in [4.78, 5) is 4.72. The summed E-state index contributed by atoms with van der Waals surface area (Å²) in [6, 6.07) is 18.6. The second kappa shape index (κ2) is 6.91. The van der Waals surface area contributed by atoms with E-state index in [9.17, 15) is 0 Å². The highest BCUT2D eigenvalue weighted by atomic mass is 35.5. The monoisotopic (exact) mass is 310 g/mol. The SMILES string of the molecule is CNCCCc1ccc(-c2ccc3ccc(Cl)cc3n2)cc1. The predicted octanol–water partition coefficient (Wildman–Crippen LogP) is 4.71. The third-order valence-corrected chi connectivity index (χ3v) is 4.03. The van der Waals surface area contributed by atoms with E-state index in [1.54, 1.807) is 0 Å². The van der Waals surface area contributed by atoms with Gasteiger partial charge in [0.15, 0.2) is 0 Å². The highest BCUT2D eigenvalue weighted by Crippen LogP contribution is 2.23. The van der Waals surface area contributed by atoms with Crippen LogP contribution in [-0.2, 0) is 6.42 Å². The van der Waals surface area contributed by atoms with Crippen LogP contribution in [0.15, 0.2) is 54.6 Å². The first-order chi connectivity index (χ1) is 10.8. The van der Waals surface area contributed by atoms with Crippen LogP contribution < -0.4 is 5.32 Å². The zero-order valence-electron chi connectivity index (χ0n) is 12.6. The second-order valence-corrected chi connectivity index (χ2v) is 5.87. The summed E-state index contributed by atoms with van der Waals surface area (Å²) in [6.07, 6.45) is 2.25. The van der Waals surface area contributed by atoms with Gasteiger partial charge in [0.1, 0.15) is 0 Å². The van der Waals surface area contributed by atoms with Crippen molar-refractivity contribution in [1.82, 2.24) is 10.3 Å². The Morgan fingerprint density at radius 1 is 1.00 bits per heavy atom. The third kappa shape index (κ3) is 3.46. The average molecular weight is 311 g/mol. The lowest BCUT2D eigenvalue weighted by Gasteiger charge is -2.06. The Hall–Kier alpha value is -1.90. The average Bonchev–Trinajstić information content (AvgIpc) is 2.55. The van der Waals surface area contributed by atoms with Gasteiger partial charge in [0, 0.05) is 16.0 Å². The van der Waals surface area contributed by atoms with Gasteiger partial charge in [-0.05, 0) is 50.2 Å². The van der Waals surface area contributed by atoms with Gasteiger partial charge in [0.25, 0.3) is 0 Å². The second-order valence-electron chi connectivity index (χ2n) is 5.44. The standard InChI is InChI=1S/C19H19ClN2/c1-21-12-2-3-14-4-6-15(7-5-14)18-11-9-16-8-10-17(20)13-19(16)22-18/h4-11,13,21H,2-3,12H2,1H3. The summed E-state index contributed by atoms with van der Waals surface area (Å²) in [5.74, 6) is 0. The molecule has 0 unspecified atom stereocenters. The Morgan fingerprint density at radius 3 is 2.55 bits per heavy atom. The number of aryl methyl sites for hydroxylation is 1. The molecule has 0 amide bonds. The van der Waals surface area contributed by atoms with Crippen molar-refractivity contribution in [3.05, 3.63) is 65.2 Å². The number of hydrogen-bond donors (Lipinski definition) is 1. The molecule has 0 radical (unpaired) electrons. The molecule has 1 aromatic heterocycles. The van der Waals surface area contributed by atoms with Crippen molar-refractivity contribution in [2.45, 2.75) is 12.8 Å². The van der Waals surface area contributed by atoms with Crippen LogP contribution in [0.3, 0.4) is 0 Å². The quantitative estimate of drug-likeness (QED) is 0.690. The number of pyridine rings is 1. The molecule has 3 heteroatoms. The molecule has 3 aromatic rings. The van der Waals surface area contributed by atoms with Crippen LogP contribution in [0.5, 0.6) is 0 Å². The van der Waals surface area contributed by atoms with Crippen LogP contribution in [-0.4, -0.2) is 18.6 Å². The van der Waals surface area contributed by atoms with E-state index in [1.807, 2.05) is 25.2 Å². The number of rotatable bonds is 5. The molecular weight excluding hydrogens is 292 g/mol. The molecule has 0 aliphatic carbocycles. The van der Waals surface area contributed by atoms with Crippen molar-refractivity contribution < 1.29 is 0 Å². The maximum atomic E-state index is 6.05. The van der Waals surface area contributed by atoms with Crippen LogP contribution in [0.2, 0.25) is 5.02 Å². The van der Waals surface area contributed by atoms with E-state index in [2.05, 4.69) is 41.7 Å². The van der Waals surface area contributed by atoms with Crippen LogP contribution in [0.1, 0.15) is 12.0 Å². The molecule has 1 heterocycles. The predicted molar refractivity (Wildman–Crippen MR) is 94.4 cm³/mol. The van der Waals surface area contributed by atoms with Crippen LogP contribution >= 0.6 is 11.6 Å². The summed E-state index contributed by atoms with van der Waals surface area (Å²) in [6.45, 7) is 1.05. The van der Waals surface area contributed by atoms with Gasteiger partial charge in [-0.2, -0.15) is 0 Å². The van der Waals surface area contributed by atoms with Crippen LogP contribution in [0.4, 0.5) is 0 Å². The summed E-state index contributed by atoms with van der Waals surface area (Å²) in [7, 11) is 1.99. The van der Waals surface area contributed by atoms with E-state index in [-0.39, 0.29) is 0 Å². The van der Waals surface area contributed by atoms with Crippen molar-refractivity contribution in [3.8, 4) is 11.3 Å². The Labute approximate surface area is 136 Å². The molecule has 1 N–H and O–H groups in total. The molecule has 2 nitrogen and oxygen atoms in total. The molecule has 0 fully saturated rings. The lowest BCUT2D eigenvalue weighted by Crippen LogP contribution is -2.08. The Bertz CT molecular complexity index is 766. The van der Waals surface area contributed by atoms with E-state index in [4.69, 9.17) is 16.6 Å². The summed E-state index contributed by atoms with van der Waals surface area (Å²) < 4.78 is 0. The zero-order chi connectivity index (χ0) is 15.4. The fourth-order valence-corrected chi connectivity index (χ4v) is 2.73. The molecule has 0 saturated carbocycles. The first kappa shape index (κ1) is 15.0. The van der Waals surface area contributed by atoms with E-state index in [1.165, 1.54) is 5.56 Å². The van der Waals surface area contributed by atoms with E-state index in [0.717, 1.165) is 46.6 Å². The molecule has 2 aromatic carbocycles. The fourth-order valence-electron chi connectivity index (χ4n) is 2.56. The minimum absolute atomic E-state index is 0.719. The Balaban J connectivity index is 1.84. The maximum Gasteiger partial charge on any atom is 0.0724 e. The largest absolute Gasteiger partial charge is 0.320 e. The van der Waals surface area contributed by atoms with Crippen LogP contribution in [0.25, 0.3) is 22.2 Å². The first-order valence-electron chi connectivity index (χ1n) is 7.56. The number of aromatic nitrogens is 1. The number of fused-ring (bicyclic) bond motifs is 1. The highest BCUT2D eigenvalue weighted by Gasteiger charge is 2.03. The normalized spacial score (nSPS) is 11.0. The fraction of sp³-hybridized carbons (Fsp3) is 0.211. The van der Waals surface area contributed by atoms with Crippen LogP contribution in [0, 0.1) is 0 Å². The molecule has 0 saturated heterocycles. The molecule has 112 valence electrons. The minimum Gasteiger partial charge on any atom is -0.320 e. The number of nitrogens with zero attached hydrogens (tertiary/aromatic N) is 1. The molecule has 0 spiro atoms. The van der Waals surface area contributed by atoms with Crippen molar-refractivity contribution in [2.75, 3.05) is 13.6 Å². The first-order valence-corrected chi connectivity index (χ1v) is 7.94. The molecule has 0 aliphatic heterocycles. The van der Waals surface area contributed by atoms with Crippen molar-refractivity contribution >= 4 is 22.5 Å². The lowest BCUT2D eigenvalue weighted by atomic mass is 10.0. The third-order valence-electron chi connectivity index (χ3n) is 3.80. The molecular formula is C19H19ClN2. The molecule has 0 aliphatic rings. The van der Waals surface area contributed by atoms with Gasteiger partial charge in [-0.25, -0.2) is 4.98 Å². The maximum absolute atomic E-state index is 6.05. The van der Waals surface area contributed by atoms with E-state index in [0.29, 0.717) is 0 Å². The molecule has 0 atom stereocenters. The van der Waals surface area contributed by atoms with Gasteiger partial charge in [0.05, 0.1) is 11.2 Å². The summed E-state index contributed by atoms with van der Waals surface area (Å²) in [5.41, 5.74) is 4.42. The van der Waals surface area contributed by atoms with E-state index < -0.39 is 0 Å². The molecule has 3 rings (SSSR count). The van der Waals surface area contributed by atoms with Gasteiger partial charge in [-0.1, -0.05) is 48.0 Å². The van der Waals surface area contributed by atoms with Crippen molar-refractivity contribution in [1.29, 1.82) is 0 Å². The minimum atomic E-state index is 0.719. The van der Waals surface area contributed by atoms with Gasteiger partial charge in [-0.15, -0.1) is 0 Å². The summed E-state index contributed by atoms with van der Waals surface area (Å²) in [5, 5.41) is 5.00. The van der Waals surface area contributed by atoms with Gasteiger partial charge in [0.2, 0.25) is 0 Å². The van der Waals surface area contributed by atoms with E-state index >= 15 is 0 Å². The van der Waals surface area contributed by atoms with Gasteiger partial charge in [-0.3, -0.25) is 0 Å². The molecule has 0 bridgehead atoms. The number of benzene rings is 2. The highest BCUT2D eigenvalue weighted by molar-refractivity contribution is 6.31. The van der Waals surface area contributed by atoms with Gasteiger partial charge >= 0.3 is 0 Å². The number of nitrogens with one attached hydrogen (secondary N) is 1. The van der Waals surface area contributed by atoms with Crippen molar-refractivity contribution in [2.24, 2.45) is 0 Å². The summed E-state index contributed by atoms with van der Waals surface area (Å²) >= 11 is 6.05. The van der Waals surface area contributed by atoms with Gasteiger partial charge < -0.3 is 5.32 Å². The topological polar surface area (TPSA) is 24.9 Å². The lowest BCUT2D eigenvalue weighted by molar-refractivity contribution is 0.725.